The third-order valence-electron chi connectivity index (χ3n) is 4.46. The molecule has 0 spiro atoms. The molecule has 2 heterocycles. The molecule has 1 N–H and O–H groups in total. The first-order chi connectivity index (χ1) is 9.65. The van der Waals surface area contributed by atoms with Crippen LogP contribution in [-0.4, -0.2) is 41.0 Å². The van der Waals surface area contributed by atoms with E-state index in [-0.39, 0.29) is 12.1 Å². The quantitative estimate of drug-likeness (QED) is 0.675. The van der Waals surface area contributed by atoms with Gasteiger partial charge in [0.25, 0.3) is 0 Å². The van der Waals surface area contributed by atoms with E-state index in [1.165, 1.54) is 0 Å². The van der Waals surface area contributed by atoms with Gasteiger partial charge < -0.3 is 14.6 Å². The molecule has 1 aromatic carbocycles. The molecule has 4 nitrogen and oxygen atoms in total. The van der Waals surface area contributed by atoms with E-state index < -0.39 is 7.05 Å². The van der Waals surface area contributed by atoms with Gasteiger partial charge in [-0.25, -0.2) is 4.79 Å². The lowest BCUT2D eigenvalue weighted by Crippen LogP contribution is -2.52. The second-order valence-corrected chi connectivity index (χ2v) is 5.83. The third-order valence-corrected chi connectivity index (χ3v) is 4.46. The molecular weight excluding hydrogens is 253 g/mol. The molecule has 0 radical (unpaired) electrons. The Labute approximate surface area is 119 Å². The van der Waals surface area contributed by atoms with Crippen molar-refractivity contribution >= 4 is 13.0 Å². The summed E-state index contributed by atoms with van der Waals surface area (Å²) in [6.45, 7) is 1.82. The van der Waals surface area contributed by atoms with E-state index in [4.69, 9.17) is 4.74 Å². The van der Waals surface area contributed by atoms with Crippen molar-refractivity contribution < 1.29 is 14.6 Å². The summed E-state index contributed by atoms with van der Waals surface area (Å²) < 4.78 is 5.64. The van der Waals surface area contributed by atoms with Crippen LogP contribution in [0.5, 0.6) is 0 Å². The van der Waals surface area contributed by atoms with Crippen molar-refractivity contribution in [2.45, 2.75) is 50.7 Å². The lowest BCUT2D eigenvalue weighted by Gasteiger charge is -2.39. The van der Waals surface area contributed by atoms with Gasteiger partial charge in [-0.05, 0) is 44.6 Å². The van der Waals surface area contributed by atoms with Gasteiger partial charge in [0, 0.05) is 12.1 Å². The summed E-state index contributed by atoms with van der Waals surface area (Å²) in [6.07, 6.45) is 3.83. The number of hydrogen-bond donors (Lipinski definition) is 1. The maximum atomic E-state index is 12.1. The van der Waals surface area contributed by atoms with Crippen LogP contribution in [0.15, 0.2) is 30.3 Å². The maximum absolute atomic E-state index is 12.1. The second kappa shape index (κ2) is 5.58. The van der Waals surface area contributed by atoms with Crippen molar-refractivity contribution in [2.24, 2.45) is 0 Å². The summed E-state index contributed by atoms with van der Waals surface area (Å²) in [4.78, 5) is 14.3. The topological polar surface area (TPSA) is 49.8 Å². The summed E-state index contributed by atoms with van der Waals surface area (Å²) in [6, 6.07) is 9.83. The fourth-order valence-electron chi connectivity index (χ4n) is 3.66. The molecule has 3 atom stereocenters. The molecule has 0 aromatic heterocycles. The molecule has 2 fully saturated rings. The van der Waals surface area contributed by atoms with Crippen molar-refractivity contribution in [2.75, 3.05) is 0 Å². The molecule has 2 bridgehead atoms. The average molecular weight is 273 g/mol. The van der Waals surface area contributed by atoms with Crippen molar-refractivity contribution in [1.82, 2.24) is 4.81 Å². The van der Waals surface area contributed by atoms with Gasteiger partial charge in [0.15, 0.2) is 0 Å². The number of nitrogens with zero attached hydrogens (tertiary/aromatic N) is 1. The predicted octanol–water partition coefficient (Wildman–Crippen LogP) is 1.95. The molecule has 2 saturated heterocycles. The SMILES string of the molecule is CB(O)N1C2CC[C@@H]1CC(OC(=O)c1ccccc1)C2. The molecule has 0 saturated carbocycles. The van der Waals surface area contributed by atoms with E-state index in [2.05, 4.69) is 4.81 Å². The summed E-state index contributed by atoms with van der Waals surface area (Å²) >= 11 is 0. The number of ether oxygens (including phenoxy) is 1. The van der Waals surface area contributed by atoms with Crippen LogP contribution in [0.3, 0.4) is 0 Å². The highest BCUT2D eigenvalue weighted by atomic mass is 16.5. The number of carbonyl (C=O) groups is 1. The molecule has 20 heavy (non-hydrogen) atoms. The lowest BCUT2D eigenvalue weighted by molar-refractivity contribution is 0.00607. The van der Waals surface area contributed by atoms with Crippen LogP contribution in [0.1, 0.15) is 36.0 Å². The van der Waals surface area contributed by atoms with Gasteiger partial charge in [0.2, 0.25) is 0 Å². The molecule has 0 amide bonds. The Morgan fingerprint density at radius 1 is 1.25 bits per heavy atom. The van der Waals surface area contributed by atoms with E-state index in [1.54, 1.807) is 12.1 Å². The minimum absolute atomic E-state index is 0.0183. The molecule has 5 heteroatoms. The van der Waals surface area contributed by atoms with Crippen LogP contribution in [0, 0.1) is 0 Å². The molecule has 2 unspecified atom stereocenters. The monoisotopic (exact) mass is 273 g/mol. The van der Waals surface area contributed by atoms with Crippen LogP contribution in [0.4, 0.5) is 0 Å². The highest BCUT2D eigenvalue weighted by Gasteiger charge is 2.44. The van der Waals surface area contributed by atoms with Crippen molar-refractivity contribution in [3.05, 3.63) is 35.9 Å². The van der Waals surface area contributed by atoms with Gasteiger partial charge >= 0.3 is 13.0 Å². The van der Waals surface area contributed by atoms with E-state index in [0.29, 0.717) is 17.6 Å². The molecule has 2 aliphatic heterocycles. The maximum Gasteiger partial charge on any atom is 0.376 e. The van der Waals surface area contributed by atoms with E-state index in [0.717, 1.165) is 25.7 Å². The molecule has 2 aliphatic rings. The van der Waals surface area contributed by atoms with Gasteiger partial charge in [-0.3, -0.25) is 0 Å². The smallest absolute Gasteiger partial charge is 0.376 e. The van der Waals surface area contributed by atoms with Crippen LogP contribution in [0.2, 0.25) is 6.82 Å². The highest BCUT2D eigenvalue weighted by Crippen LogP contribution is 2.37. The molecule has 0 aliphatic carbocycles. The summed E-state index contributed by atoms with van der Waals surface area (Å²) in [5.41, 5.74) is 0.609. The molecular formula is C15H20BNO3. The Morgan fingerprint density at radius 2 is 1.85 bits per heavy atom. The Hall–Kier alpha value is -1.33. The zero-order valence-corrected chi connectivity index (χ0v) is 11.7. The predicted molar refractivity (Wildman–Crippen MR) is 77.4 cm³/mol. The number of piperidine rings is 1. The van der Waals surface area contributed by atoms with Gasteiger partial charge in [0.1, 0.15) is 6.10 Å². The largest absolute Gasteiger partial charge is 0.459 e. The zero-order chi connectivity index (χ0) is 14.1. The molecule has 3 rings (SSSR count). The first-order valence-electron chi connectivity index (χ1n) is 7.36. The number of rotatable bonds is 3. The van der Waals surface area contributed by atoms with Crippen molar-refractivity contribution in [1.29, 1.82) is 0 Å². The average Bonchev–Trinajstić information content (AvgIpc) is 2.72. The summed E-state index contributed by atoms with van der Waals surface area (Å²) in [7, 11) is -0.404. The zero-order valence-electron chi connectivity index (χ0n) is 11.7. The Morgan fingerprint density at radius 3 is 2.40 bits per heavy atom. The first-order valence-corrected chi connectivity index (χ1v) is 7.36. The van der Waals surface area contributed by atoms with E-state index >= 15 is 0 Å². The van der Waals surface area contributed by atoms with E-state index in [1.807, 2.05) is 25.0 Å². The summed E-state index contributed by atoms with van der Waals surface area (Å²) in [5, 5.41) is 9.82. The summed E-state index contributed by atoms with van der Waals surface area (Å²) in [5.74, 6) is -0.236. The van der Waals surface area contributed by atoms with Crippen molar-refractivity contribution in [3.8, 4) is 0 Å². The Kier molecular flexibility index (Phi) is 3.81. The normalized spacial score (nSPS) is 29.2. The highest BCUT2D eigenvalue weighted by molar-refractivity contribution is 6.45. The Balaban J connectivity index is 1.63. The van der Waals surface area contributed by atoms with Crippen molar-refractivity contribution in [3.63, 3.8) is 0 Å². The standard InChI is InChI=1S/C15H20BNO3/c1-16(19)17-12-7-8-13(17)10-14(9-12)20-15(18)11-5-3-2-4-6-11/h2-6,12-14,19H,7-10H2,1H3/t12-,13?,14?/m1/s1. The lowest BCUT2D eigenvalue weighted by atomic mass is 9.79. The molecule has 106 valence electrons. The third kappa shape index (κ3) is 2.60. The number of fused-ring (bicyclic) bond motifs is 2. The Bertz CT molecular complexity index is 465. The van der Waals surface area contributed by atoms with Gasteiger partial charge in [-0.1, -0.05) is 18.2 Å². The first kappa shape index (κ1) is 13.6. The minimum Gasteiger partial charge on any atom is -0.459 e. The number of esters is 1. The minimum atomic E-state index is -0.404. The van der Waals surface area contributed by atoms with Crippen LogP contribution in [-0.2, 0) is 4.74 Å². The van der Waals surface area contributed by atoms with Crippen LogP contribution < -0.4 is 0 Å². The fraction of sp³-hybridized carbons (Fsp3) is 0.533. The van der Waals surface area contributed by atoms with E-state index in [9.17, 15) is 9.82 Å². The van der Waals surface area contributed by atoms with Gasteiger partial charge in [-0.15, -0.1) is 0 Å². The van der Waals surface area contributed by atoms with Crippen LogP contribution in [0.25, 0.3) is 0 Å². The van der Waals surface area contributed by atoms with Gasteiger partial charge in [-0.2, -0.15) is 0 Å². The van der Waals surface area contributed by atoms with Gasteiger partial charge in [0.05, 0.1) is 5.56 Å². The number of carbonyl (C=O) groups excluding carboxylic acids is 1. The molecule has 1 aromatic rings. The fourth-order valence-corrected chi connectivity index (χ4v) is 3.66. The second-order valence-electron chi connectivity index (χ2n) is 5.83. The van der Waals surface area contributed by atoms with Crippen LogP contribution >= 0.6 is 0 Å². The number of hydrogen-bond acceptors (Lipinski definition) is 4. The number of benzene rings is 1.